The second-order valence-corrected chi connectivity index (χ2v) is 5.47. The molecule has 3 heteroatoms. The predicted octanol–water partition coefficient (Wildman–Crippen LogP) is 4.51. The lowest BCUT2D eigenvalue weighted by Gasteiger charge is -2.21. The summed E-state index contributed by atoms with van der Waals surface area (Å²) in [5.41, 5.74) is 0.0606. The van der Waals surface area contributed by atoms with Crippen molar-refractivity contribution in [2.45, 2.75) is 27.2 Å². The number of hydrogen-bond donors (Lipinski definition) is 0. The lowest BCUT2D eigenvalue weighted by atomic mass is 9.82. The molecule has 0 aliphatic rings. The number of pyridine rings is 1. The van der Waals surface area contributed by atoms with Crippen molar-refractivity contribution in [2.75, 3.05) is 0 Å². The highest BCUT2D eigenvalue weighted by Gasteiger charge is 2.29. The molecule has 1 aromatic carbocycles. The first kappa shape index (κ1) is 13.0. The summed E-state index contributed by atoms with van der Waals surface area (Å²) >= 11 is 6.00. The molecule has 0 aliphatic carbocycles. The number of hydrogen-bond acceptors (Lipinski definition) is 2. The summed E-state index contributed by atoms with van der Waals surface area (Å²) in [5.74, 6) is 0.0451. The maximum absolute atomic E-state index is 12.5. The van der Waals surface area contributed by atoms with Crippen LogP contribution in [0, 0.1) is 5.41 Å². The molecule has 0 atom stereocenters. The Kier molecular flexibility index (Phi) is 3.40. The number of rotatable bonds is 3. The van der Waals surface area contributed by atoms with Gasteiger partial charge in [-0.2, -0.15) is 0 Å². The van der Waals surface area contributed by atoms with Crippen LogP contribution in [0.2, 0.25) is 5.15 Å². The molecule has 0 aliphatic heterocycles. The lowest BCUT2D eigenvalue weighted by Crippen LogP contribution is -2.24. The summed E-state index contributed by atoms with van der Waals surface area (Å²) < 4.78 is 0. The Morgan fingerprint density at radius 2 is 2.00 bits per heavy atom. The van der Waals surface area contributed by atoms with Crippen LogP contribution in [0.15, 0.2) is 30.3 Å². The highest BCUT2D eigenvalue weighted by Crippen LogP contribution is 2.29. The summed E-state index contributed by atoms with van der Waals surface area (Å²) in [7, 11) is 0. The molecule has 0 saturated heterocycles. The van der Waals surface area contributed by atoms with Crippen molar-refractivity contribution in [3.05, 3.63) is 41.2 Å². The predicted molar refractivity (Wildman–Crippen MR) is 75.2 cm³/mol. The van der Waals surface area contributed by atoms with E-state index in [9.17, 15) is 4.79 Å². The molecule has 0 spiro atoms. The van der Waals surface area contributed by atoms with Crippen LogP contribution < -0.4 is 0 Å². The van der Waals surface area contributed by atoms with E-state index in [1.165, 1.54) is 0 Å². The Morgan fingerprint density at radius 3 is 2.67 bits per heavy atom. The summed E-state index contributed by atoms with van der Waals surface area (Å²) in [6.45, 7) is 5.88. The average Bonchev–Trinajstić information content (AvgIpc) is 2.36. The third-order valence-electron chi connectivity index (χ3n) is 3.42. The fourth-order valence-electron chi connectivity index (χ4n) is 1.82. The van der Waals surface area contributed by atoms with E-state index in [1.54, 1.807) is 6.07 Å². The van der Waals surface area contributed by atoms with Gasteiger partial charge in [-0.05, 0) is 17.9 Å². The minimum Gasteiger partial charge on any atom is -0.292 e. The van der Waals surface area contributed by atoms with Crippen LogP contribution in [0.5, 0.6) is 0 Å². The maximum atomic E-state index is 12.5. The van der Waals surface area contributed by atoms with Crippen LogP contribution in [0.4, 0.5) is 0 Å². The third kappa shape index (κ3) is 2.25. The van der Waals surface area contributed by atoms with E-state index < -0.39 is 5.41 Å². The van der Waals surface area contributed by atoms with E-state index in [2.05, 4.69) is 4.98 Å². The number of ketones is 1. The molecule has 0 saturated carbocycles. The SMILES string of the molecule is CCC(C)(C)C(=O)c1nc(Cl)cc2ccccc12. The molecule has 0 N–H and O–H groups in total. The van der Waals surface area contributed by atoms with Crippen molar-refractivity contribution in [2.24, 2.45) is 5.41 Å². The maximum Gasteiger partial charge on any atom is 0.187 e. The topological polar surface area (TPSA) is 30.0 Å². The molecule has 2 rings (SSSR count). The molecule has 18 heavy (non-hydrogen) atoms. The average molecular weight is 262 g/mol. The molecule has 1 aromatic heterocycles. The molecule has 2 aromatic rings. The molecular formula is C15H16ClNO. The third-order valence-corrected chi connectivity index (χ3v) is 3.62. The van der Waals surface area contributed by atoms with E-state index in [-0.39, 0.29) is 5.78 Å². The first-order valence-electron chi connectivity index (χ1n) is 6.06. The van der Waals surface area contributed by atoms with Gasteiger partial charge in [0.2, 0.25) is 0 Å². The van der Waals surface area contributed by atoms with Crippen molar-refractivity contribution in [3.8, 4) is 0 Å². The zero-order valence-corrected chi connectivity index (χ0v) is 11.6. The largest absolute Gasteiger partial charge is 0.292 e. The van der Waals surface area contributed by atoms with E-state index in [0.717, 1.165) is 17.2 Å². The van der Waals surface area contributed by atoms with Crippen LogP contribution in [0.1, 0.15) is 37.7 Å². The van der Waals surface area contributed by atoms with E-state index in [0.29, 0.717) is 10.8 Å². The zero-order chi connectivity index (χ0) is 13.3. The van der Waals surface area contributed by atoms with Crippen LogP contribution in [-0.2, 0) is 0 Å². The Labute approximate surface area is 112 Å². The summed E-state index contributed by atoms with van der Waals surface area (Å²) in [4.78, 5) is 16.8. The Morgan fingerprint density at radius 1 is 1.33 bits per heavy atom. The molecule has 0 bridgehead atoms. The minimum absolute atomic E-state index is 0.0451. The highest BCUT2D eigenvalue weighted by atomic mass is 35.5. The number of Topliss-reactive ketones (excluding diaryl/α,β-unsaturated/α-hetero) is 1. The lowest BCUT2D eigenvalue weighted by molar-refractivity contribution is 0.0829. The van der Waals surface area contributed by atoms with E-state index in [1.807, 2.05) is 45.0 Å². The van der Waals surface area contributed by atoms with Crippen LogP contribution in [0.3, 0.4) is 0 Å². The van der Waals surface area contributed by atoms with Gasteiger partial charge >= 0.3 is 0 Å². The van der Waals surface area contributed by atoms with Crippen molar-refractivity contribution >= 4 is 28.2 Å². The molecule has 94 valence electrons. The molecule has 2 nitrogen and oxygen atoms in total. The Balaban J connectivity index is 2.67. The number of aromatic nitrogens is 1. The molecule has 0 unspecified atom stereocenters. The fraction of sp³-hybridized carbons (Fsp3) is 0.333. The molecule has 0 amide bonds. The van der Waals surface area contributed by atoms with Gasteiger partial charge in [0, 0.05) is 10.8 Å². The van der Waals surface area contributed by atoms with E-state index in [4.69, 9.17) is 11.6 Å². The van der Waals surface area contributed by atoms with Crippen molar-refractivity contribution < 1.29 is 4.79 Å². The van der Waals surface area contributed by atoms with Gasteiger partial charge in [0.15, 0.2) is 5.78 Å². The summed E-state index contributed by atoms with van der Waals surface area (Å²) in [6.07, 6.45) is 0.772. The first-order chi connectivity index (χ1) is 8.45. The number of carbonyl (C=O) groups excluding carboxylic acids is 1. The van der Waals surface area contributed by atoms with Crippen LogP contribution in [0.25, 0.3) is 10.8 Å². The molecule has 0 radical (unpaired) electrons. The van der Waals surface area contributed by atoms with E-state index >= 15 is 0 Å². The van der Waals surface area contributed by atoms with Gasteiger partial charge in [-0.3, -0.25) is 4.79 Å². The van der Waals surface area contributed by atoms with Crippen LogP contribution in [-0.4, -0.2) is 10.8 Å². The minimum atomic E-state index is -0.416. The standard InChI is InChI=1S/C15H16ClNO/c1-4-15(2,3)14(18)13-11-8-6-5-7-10(11)9-12(16)17-13/h5-9H,4H2,1-3H3. The highest BCUT2D eigenvalue weighted by molar-refractivity contribution is 6.30. The number of benzene rings is 1. The van der Waals surface area contributed by atoms with Gasteiger partial charge in [0.1, 0.15) is 10.8 Å². The van der Waals surface area contributed by atoms with Gasteiger partial charge in [-0.25, -0.2) is 4.98 Å². The molecule has 1 heterocycles. The summed E-state index contributed by atoms with van der Waals surface area (Å²) in [6, 6.07) is 9.48. The first-order valence-corrected chi connectivity index (χ1v) is 6.43. The fourth-order valence-corrected chi connectivity index (χ4v) is 2.02. The van der Waals surface area contributed by atoms with Gasteiger partial charge in [-0.1, -0.05) is 56.6 Å². The normalized spacial score (nSPS) is 11.8. The second kappa shape index (κ2) is 4.69. The van der Waals surface area contributed by atoms with Gasteiger partial charge < -0.3 is 0 Å². The Bertz CT molecular complexity index is 604. The van der Waals surface area contributed by atoms with Crippen molar-refractivity contribution in [1.29, 1.82) is 0 Å². The second-order valence-electron chi connectivity index (χ2n) is 5.08. The zero-order valence-electron chi connectivity index (χ0n) is 10.8. The van der Waals surface area contributed by atoms with Crippen molar-refractivity contribution in [3.63, 3.8) is 0 Å². The number of nitrogens with zero attached hydrogens (tertiary/aromatic N) is 1. The number of carbonyl (C=O) groups is 1. The quantitative estimate of drug-likeness (QED) is 0.601. The Hall–Kier alpha value is -1.41. The smallest absolute Gasteiger partial charge is 0.187 e. The molecule has 0 fully saturated rings. The van der Waals surface area contributed by atoms with Crippen molar-refractivity contribution in [1.82, 2.24) is 4.98 Å². The van der Waals surface area contributed by atoms with Crippen LogP contribution >= 0.6 is 11.6 Å². The monoisotopic (exact) mass is 261 g/mol. The number of halogens is 1. The van der Waals surface area contributed by atoms with Gasteiger partial charge in [-0.15, -0.1) is 0 Å². The van der Waals surface area contributed by atoms with Gasteiger partial charge in [0.05, 0.1) is 0 Å². The van der Waals surface area contributed by atoms with Gasteiger partial charge in [0.25, 0.3) is 0 Å². The number of fused-ring (bicyclic) bond motifs is 1. The summed E-state index contributed by atoms with van der Waals surface area (Å²) in [5, 5.41) is 2.19. The molecular weight excluding hydrogens is 246 g/mol.